The van der Waals surface area contributed by atoms with Crippen molar-refractivity contribution < 1.29 is 13.2 Å². The van der Waals surface area contributed by atoms with E-state index in [1.54, 1.807) is 10.9 Å². The van der Waals surface area contributed by atoms with E-state index in [1.165, 1.54) is 6.92 Å². The van der Waals surface area contributed by atoms with E-state index >= 15 is 0 Å². The van der Waals surface area contributed by atoms with Gasteiger partial charge in [0.1, 0.15) is 0 Å². The van der Waals surface area contributed by atoms with Crippen molar-refractivity contribution in [2.75, 3.05) is 0 Å². The normalized spacial score (nSPS) is 13.3. The molecule has 0 radical (unpaired) electrons. The molecule has 0 aliphatic heterocycles. The molecule has 1 aromatic carbocycles. The number of benzene rings is 1. The molecule has 2 rings (SSSR count). The summed E-state index contributed by atoms with van der Waals surface area (Å²) in [4.78, 5) is 0. The Bertz CT molecular complexity index is 549. The van der Waals surface area contributed by atoms with Crippen LogP contribution in [-0.2, 0) is 13.1 Å². The van der Waals surface area contributed by atoms with Crippen LogP contribution in [0.25, 0.3) is 0 Å². The zero-order valence-electron chi connectivity index (χ0n) is 11.8. The first-order valence-corrected chi connectivity index (χ1v) is 6.78. The Kier molecular flexibility index (Phi) is 5.01. The number of hydrogen-bond acceptors (Lipinski definition) is 2. The van der Waals surface area contributed by atoms with Crippen LogP contribution in [0, 0.1) is 0 Å². The lowest BCUT2D eigenvalue weighted by molar-refractivity contribution is -0.139. The largest absolute Gasteiger partial charge is 0.390 e. The lowest BCUT2D eigenvalue weighted by Gasteiger charge is -2.14. The number of hydrogen-bond donors (Lipinski definition) is 1. The van der Waals surface area contributed by atoms with Gasteiger partial charge in [-0.3, -0.25) is 4.68 Å². The van der Waals surface area contributed by atoms with Crippen molar-refractivity contribution in [1.29, 1.82) is 0 Å². The summed E-state index contributed by atoms with van der Waals surface area (Å²) < 4.78 is 38.4. The minimum atomic E-state index is -4.14. The second-order valence-electron chi connectivity index (χ2n) is 5.13. The second kappa shape index (κ2) is 6.76. The van der Waals surface area contributed by atoms with Gasteiger partial charge in [0.2, 0.25) is 0 Å². The van der Waals surface area contributed by atoms with Gasteiger partial charge in [0.05, 0.1) is 19.2 Å². The summed E-state index contributed by atoms with van der Waals surface area (Å²) in [6.07, 6.45) is -1.44. The highest BCUT2D eigenvalue weighted by molar-refractivity contribution is 5.15. The minimum Gasteiger partial charge on any atom is -0.310 e. The van der Waals surface area contributed by atoms with E-state index in [-0.39, 0.29) is 0 Å². The van der Waals surface area contributed by atoms with E-state index in [4.69, 9.17) is 0 Å². The van der Waals surface area contributed by atoms with E-state index < -0.39 is 18.6 Å². The molecule has 0 amide bonds. The van der Waals surface area contributed by atoms with Gasteiger partial charge < -0.3 is 5.32 Å². The molecule has 114 valence electrons. The average Bonchev–Trinajstić information content (AvgIpc) is 2.83. The first-order valence-electron chi connectivity index (χ1n) is 6.78. The van der Waals surface area contributed by atoms with Crippen LogP contribution in [0.3, 0.4) is 0 Å². The summed E-state index contributed by atoms with van der Waals surface area (Å²) >= 11 is 0. The molecule has 1 aromatic heterocycles. The van der Waals surface area contributed by atoms with Gasteiger partial charge in [0.15, 0.2) is 0 Å². The molecule has 1 atom stereocenters. The molecule has 0 fully saturated rings. The first-order chi connectivity index (χ1) is 9.92. The summed E-state index contributed by atoms with van der Waals surface area (Å²) in [5.74, 6) is 0. The summed E-state index contributed by atoms with van der Waals surface area (Å²) in [6.45, 7) is 2.56. The van der Waals surface area contributed by atoms with Crippen molar-refractivity contribution in [3.8, 4) is 0 Å². The summed E-state index contributed by atoms with van der Waals surface area (Å²) in [7, 11) is 0. The predicted octanol–water partition coefficient (Wildman–Crippen LogP) is 3.36. The van der Waals surface area contributed by atoms with Crippen LogP contribution in [-0.4, -0.2) is 22.0 Å². The third kappa shape index (κ3) is 5.59. The smallest absolute Gasteiger partial charge is 0.310 e. The average molecular weight is 297 g/mol. The van der Waals surface area contributed by atoms with Gasteiger partial charge in [0, 0.05) is 24.3 Å². The Balaban J connectivity index is 1.83. The van der Waals surface area contributed by atoms with Crippen LogP contribution in [0.4, 0.5) is 13.2 Å². The first kappa shape index (κ1) is 15.6. The van der Waals surface area contributed by atoms with E-state index in [1.807, 2.05) is 36.5 Å². The molecular weight excluding hydrogens is 279 g/mol. The number of rotatable bonds is 6. The van der Waals surface area contributed by atoms with Crippen LogP contribution in [0.1, 0.15) is 24.5 Å². The topological polar surface area (TPSA) is 29.9 Å². The zero-order chi connectivity index (χ0) is 15.3. The summed E-state index contributed by atoms with van der Waals surface area (Å²) in [5.41, 5.74) is 2.01. The third-order valence-electron chi connectivity index (χ3n) is 3.07. The monoisotopic (exact) mass is 297 g/mol. The van der Waals surface area contributed by atoms with E-state index in [0.717, 1.165) is 11.1 Å². The quantitative estimate of drug-likeness (QED) is 0.886. The maximum absolute atomic E-state index is 12.2. The van der Waals surface area contributed by atoms with Crippen LogP contribution in [0.2, 0.25) is 0 Å². The fourth-order valence-electron chi connectivity index (χ4n) is 2.07. The molecule has 0 aliphatic rings. The molecule has 0 saturated heterocycles. The Labute approximate surface area is 121 Å². The van der Waals surface area contributed by atoms with Crippen LogP contribution < -0.4 is 5.32 Å². The molecule has 0 spiro atoms. The highest BCUT2D eigenvalue weighted by Crippen LogP contribution is 2.21. The van der Waals surface area contributed by atoms with Crippen molar-refractivity contribution in [3.63, 3.8) is 0 Å². The molecule has 6 heteroatoms. The van der Waals surface area contributed by atoms with Gasteiger partial charge >= 0.3 is 6.18 Å². The van der Waals surface area contributed by atoms with Gasteiger partial charge in [-0.05, 0) is 12.5 Å². The number of nitrogens with one attached hydrogen (secondary N) is 1. The van der Waals surface area contributed by atoms with Crippen LogP contribution >= 0.6 is 0 Å². The van der Waals surface area contributed by atoms with Gasteiger partial charge in [-0.1, -0.05) is 30.3 Å². The highest BCUT2D eigenvalue weighted by Gasteiger charge is 2.29. The zero-order valence-corrected chi connectivity index (χ0v) is 11.8. The Morgan fingerprint density at radius 3 is 2.57 bits per heavy atom. The Morgan fingerprint density at radius 1 is 1.19 bits per heavy atom. The van der Waals surface area contributed by atoms with Crippen molar-refractivity contribution in [2.24, 2.45) is 0 Å². The fraction of sp³-hybridized carbons (Fsp3) is 0.400. The molecule has 0 aliphatic carbocycles. The molecule has 1 unspecified atom stereocenters. The molecular formula is C15H18F3N3. The minimum absolute atomic E-state index is 0.381. The molecule has 1 heterocycles. The van der Waals surface area contributed by atoms with Crippen molar-refractivity contribution in [2.45, 2.75) is 38.7 Å². The maximum atomic E-state index is 12.2. The lowest BCUT2D eigenvalue weighted by Crippen LogP contribution is -2.30. The van der Waals surface area contributed by atoms with Gasteiger partial charge in [0.25, 0.3) is 0 Å². The molecule has 1 N–H and O–H groups in total. The number of nitrogens with zero attached hydrogens (tertiary/aromatic N) is 2. The lowest BCUT2D eigenvalue weighted by atomic mass is 10.2. The number of aromatic nitrogens is 2. The number of halogens is 3. The maximum Gasteiger partial charge on any atom is 0.390 e. The molecule has 3 nitrogen and oxygen atoms in total. The Morgan fingerprint density at radius 2 is 1.90 bits per heavy atom. The highest BCUT2D eigenvalue weighted by atomic mass is 19.4. The molecule has 0 saturated carbocycles. The Hall–Kier alpha value is -1.82. The third-order valence-corrected chi connectivity index (χ3v) is 3.07. The standard InChI is InChI=1S/C15H18F3N3/c1-12(7-15(16,17)18)19-8-14-9-20-21(11-14)10-13-5-3-2-4-6-13/h2-6,9,11-12,19H,7-8,10H2,1H3. The van der Waals surface area contributed by atoms with E-state index in [0.29, 0.717) is 13.1 Å². The van der Waals surface area contributed by atoms with Gasteiger partial charge in [-0.2, -0.15) is 18.3 Å². The fourth-order valence-corrected chi connectivity index (χ4v) is 2.07. The van der Waals surface area contributed by atoms with Crippen molar-refractivity contribution >= 4 is 0 Å². The van der Waals surface area contributed by atoms with Crippen LogP contribution in [0.15, 0.2) is 42.7 Å². The summed E-state index contributed by atoms with van der Waals surface area (Å²) in [6, 6.07) is 9.27. The van der Waals surface area contributed by atoms with E-state index in [2.05, 4.69) is 10.4 Å². The number of alkyl halides is 3. The van der Waals surface area contributed by atoms with Crippen molar-refractivity contribution in [1.82, 2.24) is 15.1 Å². The van der Waals surface area contributed by atoms with Crippen LogP contribution in [0.5, 0.6) is 0 Å². The van der Waals surface area contributed by atoms with E-state index in [9.17, 15) is 13.2 Å². The SMILES string of the molecule is CC(CC(F)(F)F)NCc1cnn(Cc2ccccc2)c1. The molecule has 2 aromatic rings. The second-order valence-corrected chi connectivity index (χ2v) is 5.13. The van der Waals surface area contributed by atoms with Crippen molar-refractivity contribution in [3.05, 3.63) is 53.9 Å². The summed E-state index contributed by atoms with van der Waals surface area (Å²) in [5, 5.41) is 7.08. The molecule has 0 bridgehead atoms. The van der Waals surface area contributed by atoms with Gasteiger partial charge in [-0.15, -0.1) is 0 Å². The van der Waals surface area contributed by atoms with Gasteiger partial charge in [-0.25, -0.2) is 0 Å². The predicted molar refractivity (Wildman–Crippen MR) is 74.7 cm³/mol. The molecule has 21 heavy (non-hydrogen) atoms.